The zero-order valence-corrected chi connectivity index (χ0v) is 15.0. The van der Waals surface area contributed by atoms with Crippen molar-refractivity contribution in [3.05, 3.63) is 35.9 Å². The van der Waals surface area contributed by atoms with Crippen molar-refractivity contribution >= 4 is 5.96 Å². The van der Waals surface area contributed by atoms with Gasteiger partial charge < -0.3 is 10.6 Å². The number of rotatable bonds is 6. The zero-order chi connectivity index (χ0) is 16.6. The maximum atomic E-state index is 4.33. The van der Waals surface area contributed by atoms with Crippen LogP contribution in [-0.4, -0.2) is 43.1 Å². The summed E-state index contributed by atoms with van der Waals surface area (Å²) in [4.78, 5) is 6.79. The molecule has 0 radical (unpaired) electrons. The Morgan fingerprint density at radius 1 is 1.14 bits per heavy atom. The summed E-state index contributed by atoms with van der Waals surface area (Å²) in [5, 5.41) is 6.88. The molecule has 4 heteroatoms. The molecular weight excluding hydrogens is 272 g/mol. The molecule has 0 aliphatic carbocycles. The highest BCUT2D eigenvalue weighted by molar-refractivity contribution is 5.80. The second-order valence-electron chi connectivity index (χ2n) is 6.48. The summed E-state index contributed by atoms with van der Waals surface area (Å²) in [6.07, 6.45) is 0. The predicted molar refractivity (Wildman–Crippen MR) is 96.4 cm³/mol. The average molecular weight is 304 g/mol. The first-order chi connectivity index (χ1) is 10.4. The van der Waals surface area contributed by atoms with E-state index in [1.165, 1.54) is 5.56 Å². The molecular formula is C18H32N4. The topological polar surface area (TPSA) is 39.7 Å². The Kier molecular flexibility index (Phi) is 7.39. The highest BCUT2D eigenvalue weighted by Crippen LogP contribution is 2.19. The quantitative estimate of drug-likeness (QED) is 0.627. The maximum absolute atomic E-state index is 4.33. The smallest absolute Gasteiger partial charge is 0.191 e. The van der Waals surface area contributed by atoms with Crippen LogP contribution in [0.4, 0.5) is 0 Å². The number of aliphatic imine (C=N–C) groups is 1. The van der Waals surface area contributed by atoms with Crippen molar-refractivity contribution in [1.82, 2.24) is 15.5 Å². The number of hydrogen-bond acceptors (Lipinski definition) is 2. The molecule has 1 unspecified atom stereocenters. The van der Waals surface area contributed by atoms with Crippen LogP contribution in [0.3, 0.4) is 0 Å². The van der Waals surface area contributed by atoms with Crippen LogP contribution in [0.25, 0.3) is 0 Å². The minimum atomic E-state index is -0.000708. The van der Waals surface area contributed by atoms with Gasteiger partial charge in [-0.05, 0) is 39.4 Å². The minimum Gasteiger partial charge on any atom is -0.354 e. The van der Waals surface area contributed by atoms with E-state index in [1.807, 2.05) is 7.05 Å². The number of likely N-dealkylation sites (N-methyl/N-ethyl adjacent to an activating group) is 1. The van der Waals surface area contributed by atoms with Crippen molar-refractivity contribution in [2.75, 3.05) is 26.7 Å². The summed E-state index contributed by atoms with van der Waals surface area (Å²) in [6, 6.07) is 11.0. The van der Waals surface area contributed by atoms with Crippen LogP contribution >= 0.6 is 0 Å². The maximum Gasteiger partial charge on any atom is 0.191 e. The Hall–Kier alpha value is -1.55. The monoisotopic (exact) mass is 304 g/mol. The molecule has 0 spiro atoms. The van der Waals surface area contributed by atoms with Crippen molar-refractivity contribution in [1.29, 1.82) is 0 Å². The lowest BCUT2D eigenvalue weighted by Crippen LogP contribution is -2.49. The lowest BCUT2D eigenvalue weighted by molar-refractivity contribution is 0.218. The molecule has 0 aliphatic heterocycles. The van der Waals surface area contributed by atoms with E-state index in [2.05, 4.69) is 85.5 Å². The molecule has 0 heterocycles. The Bertz CT molecular complexity index is 444. The van der Waals surface area contributed by atoms with Crippen molar-refractivity contribution in [2.24, 2.45) is 4.99 Å². The van der Waals surface area contributed by atoms with Gasteiger partial charge in [-0.15, -0.1) is 0 Å². The van der Waals surface area contributed by atoms with E-state index >= 15 is 0 Å². The van der Waals surface area contributed by atoms with Gasteiger partial charge in [0.2, 0.25) is 0 Å². The van der Waals surface area contributed by atoms with Crippen molar-refractivity contribution < 1.29 is 0 Å². The minimum absolute atomic E-state index is 0.000708. The summed E-state index contributed by atoms with van der Waals surface area (Å²) in [5.41, 5.74) is 1.34. The summed E-state index contributed by atoms with van der Waals surface area (Å²) >= 11 is 0. The fourth-order valence-electron chi connectivity index (χ4n) is 2.53. The number of benzene rings is 1. The van der Waals surface area contributed by atoms with E-state index in [9.17, 15) is 0 Å². The molecule has 0 amide bonds. The van der Waals surface area contributed by atoms with Gasteiger partial charge in [-0.25, -0.2) is 0 Å². The molecule has 2 N–H and O–H groups in total. The molecule has 1 rings (SSSR count). The third kappa shape index (κ3) is 6.06. The molecule has 22 heavy (non-hydrogen) atoms. The third-order valence-electron chi connectivity index (χ3n) is 3.62. The molecule has 0 fully saturated rings. The molecule has 0 aromatic heterocycles. The standard InChI is InChI=1S/C18H32N4/c1-7-22(8-2)16(15-12-10-9-11-13-15)14-20-17(19-6)21-18(3,4)5/h9-13,16H,7-8,14H2,1-6H3,(H2,19,20,21). The first-order valence-corrected chi connectivity index (χ1v) is 8.19. The van der Waals surface area contributed by atoms with E-state index in [4.69, 9.17) is 0 Å². The Morgan fingerprint density at radius 3 is 2.18 bits per heavy atom. The summed E-state index contributed by atoms with van der Waals surface area (Å²) < 4.78 is 0. The normalized spacial score (nSPS) is 14.0. The van der Waals surface area contributed by atoms with Crippen molar-refractivity contribution in [2.45, 2.75) is 46.2 Å². The van der Waals surface area contributed by atoms with Gasteiger partial charge in [0.15, 0.2) is 5.96 Å². The van der Waals surface area contributed by atoms with Gasteiger partial charge in [0.25, 0.3) is 0 Å². The van der Waals surface area contributed by atoms with Crippen LogP contribution < -0.4 is 10.6 Å². The van der Waals surface area contributed by atoms with E-state index < -0.39 is 0 Å². The SMILES string of the molecule is CCN(CC)C(CNC(=NC)NC(C)(C)C)c1ccccc1. The molecule has 4 nitrogen and oxygen atoms in total. The van der Waals surface area contributed by atoms with Crippen molar-refractivity contribution in [3.8, 4) is 0 Å². The third-order valence-corrected chi connectivity index (χ3v) is 3.62. The van der Waals surface area contributed by atoms with Crippen LogP contribution in [0.5, 0.6) is 0 Å². The van der Waals surface area contributed by atoms with Crippen LogP contribution in [0.1, 0.15) is 46.2 Å². The summed E-state index contributed by atoms with van der Waals surface area (Å²) in [6.45, 7) is 13.7. The van der Waals surface area contributed by atoms with E-state index in [0.717, 1.165) is 25.6 Å². The fourth-order valence-corrected chi connectivity index (χ4v) is 2.53. The van der Waals surface area contributed by atoms with Crippen LogP contribution in [0.15, 0.2) is 35.3 Å². The van der Waals surface area contributed by atoms with Gasteiger partial charge >= 0.3 is 0 Å². The van der Waals surface area contributed by atoms with Crippen LogP contribution in [-0.2, 0) is 0 Å². The molecule has 124 valence electrons. The van der Waals surface area contributed by atoms with Gasteiger partial charge in [-0.3, -0.25) is 9.89 Å². The Labute approximate surface area is 136 Å². The number of nitrogens with zero attached hydrogens (tertiary/aromatic N) is 2. The largest absolute Gasteiger partial charge is 0.354 e. The Balaban J connectivity index is 2.81. The molecule has 0 saturated heterocycles. The number of hydrogen-bond donors (Lipinski definition) is 2. The van der Waals surface area contributed by atoms with E-state index in [1.54, 1.807) is 0 Å². The van der Waals surface area contributed by atoms with Crippen molar-refractivity contribution in [3.63, 3.8) is 0 Å². The second-order valence-corrected chi connectivity index (χ2v) is 6.48. The van der Waals surface area contributed by atoms with Crippen LogP contribution in [0.2, 0.25) is 0 Å². The van der Waals surface area contributed by atoms with Gasteiger partial charge in [0.1, 0.15) is 0 Å². The fraction of sp³-hybridized carbons (Fsp3) is 0.611. The first kappa shape index (κ1) is 18.5. The molecule has 0 saturated carbocycles. The summed E-state index contributed by atoms with van der Waals surface area (Å²) in [7, 11) is 1.82. The molecule has 0 aliphatic rings. The predicted octanol–water partition coefficient (Wildman–Crippen LogP) is 3.03. The van der Waals surface area contributed by atoms with Gasteiger partial charge in [0.05, 0.1) is 6.04 Å². The second kappa shape index (κ2) is 8.79. The van der Waals surface area contributed by atoms with E-state index in [-0.39, 0.29) is 5.54 Å². The number of nitrogens with one attached hydrogen (secondary N) is 2. The average Bonchev–Trinajstić information content (AvgIpc) is 2.49. The highest BCUT2D eigenvalue weighted by Gasteiger charge is 2.19. The lowest BCUT2D eigenvalue weighted by Gasteiger charge is -2.32. The molecule has 1 atom stereocenters. The first-order valence-electron chi connectivity index (χ1n) is 8.19. The number of guanidine groups is 1. The molecule has 1 aromatic carbocycles. The van der Waals surface area contributed by atoms with E-state index in [0.29, 0.717) is 6.04 Å². The molecule has 0 bridgehead atoms. The van der Waals surface area contributed by atoms with Gasteiger partial charge in [-0.2, -0.15) is 0 Å². The van der Waals surface area contributed by atoms with Crippen LogP contribution in [0, 0.1) is 0 Å². The Morgan fingerprint density at radius 2 is 1.73 bits per heavy atom. The van der Waals surface area contributed by atoms with Gasteiger partial charge in [0, 0.05) is 19.1 Å². The van der Waals surface area contributed by atoms with Gasteiger partial charge in [-0.1, -0.05) is 44.2 Å². The zero-order valence-electron chi connectivity index (χ0n) is 15.0. The lowest BCUT2D eigenvalue weighted by atomic mass is 10.1. The highest BCUT2D eigenvalue weighted by atomic mass is 15.2. The summed E-state index contributed by atoms with van der Waals surface area (Å²) in [5.74, 6) is 0.848. The molecule has 1 aromatic rings.